The van der Waals surface area contributed by atoms with Gasteiger partial charge >= 0.3 is 0 Å². The molecule has 1 rings (SSSR count). The second-order valence-electron chi connectivity index (χ2n) is 3.20. The molecule has 0 saturated carbocycles. The molecule has 7 heteroatoms. The van der Waals surface area contributed by atoms with Gasteiger partial charge in [-0.15, -0.1) is 0 Å². The van der Waals surface area contributed by atoms with E-state index in [0.717, 1.165) is 5.82 Å². The number of carbonyl (C=O) groups is 1. The van der Waals surface area contributed by atoms with Gasteiger partial charge in [-0.05, 0) is 0 Å². The fourth-order valence-corrected chi connectivity index (χ4v) is 1.10. The molecule has 0 saturated heterocycles. The smallest absolute Gasteiger partial charge is 0.234 e. The lowest BCUT2D eigenvalue weighted by Gasteiger charge is -2.02. The van der Waals surface area contributed by atoms with Crippen LogP contribution in [0.4, 0.5) is 0 Å². The molecular weight excluding hydrogens is 208 g/mol. The van der Waals surface area contributed by atoms with Crippen molar-refractivity contribution in [3.63, 3.8) is 0 Å². The fourth-order valence-electron chi connectivity index (χ4n) is 1.10. The van der Waals surface area contributed by atoms with Crippen molar-refractivity contribution in [2.45, 2.75) is 6.42 Å². The largest absolute Gasteiger partial charge is 0.342 e. The van der Waals surface area contributed by atoms with Gasteiger partial charge in [-0.3, -0.25) is 9.48 Å². The van der Waals surface area contributed by atoms with E-state index in [0.29, 0.717) is 13.0 Å². The molecule has 1 heterocycles. The average Bonchev–Trinajstić information content (AvgIpc) is 2.67. The Hall–Kier alpha value is -1.94. The molecule has 0 spiro atoms. The lowest BCUT2D eigenvalue weighted by atomic mass is 10.4. The van der Waals surface area contributed by atoms with Gasteiger partial charge in [0.25, 0.3) is 0 Å². The number of hydrogen-bond acceptors (Lipinski definition) is 5. The number of aromatic nitrogens is 3. The summed E-state index contributed by atoms with van der Waals surface area (Å²) >= 11 is 0. The third kappa shape index (κ3) is 4.52. The first-order chi connectivity index (χ1) is 7.72. The van der Waals surface area contributed by atoms with E-state index in [-0.39, 0.29) is 19.0 Å². The average molecular weight is 222 g/mol. The minimum Gasteiger partial charge on any atom is -0.342 e. The van der Waals surface area contributed by atoms with Gasteiger partial charge in [0.1, 0.15) is 12.9 Å². The van der Waals surface area contributed by atoms with Gasteiger partial charge in [0.15, 0.2) is 5.82 Å². The van der Waals surface area contributed by atoms with Gasteiger partial charge in [-0.2, -0.15) is 10.4 Å². The van der Waals surface area contributed by atoms with Crippen LogP contribution in [0, 0.1) is 11.3 Å². The van der Waals surface area contributed by atoms with Crippen molar-refractivity contribution in [2.75, 3.05) is 19.6 Å². The quantitative estimate of drug-likeness (QED) is 0.455. The Labute approximate surface area is 93.5 Å². The summed E-state index contributed by atoms with van der Waals surface area (Å²) in [5.74, 6) is 0.558. The minimum atomic E-state index is -0.185. The number of nitriles is 1. The minimum absolute atomic E-state index is 0.0440. The summed E-state index contributed by atoms with van der Waals surface area (Å²) in [6.07, 6.45) is 2.31. The number of nitrogens with one attached hydrogen (secondary N) is 2. The molecule has 0 aliphatic heterocycles. The van der Waals surface area contributed by atoms with Crippen LogP contribution in [0.25, 0.3) is 0 Å². The van der Waals surface area contributed by atoms with E-state index in [4.69, 9.17) is 5.26 Å². The van der Waals surface area contributed by atoms with Gasteiger partial charge in [-0.25, -0.2) is 4.98 Å². The molecule has 1 aromatic rings. The highest BCUT2D eigenvalue weighted by molar-refractivity contribution is 5.78. The summed E-state index contributed by atoms with van der Waals surface area (Å²) in [6.45, 7) is 0.876. The first kappa shape index (κ1) is 12.1. The maximum Gasteiger partial charge on any atom is 0.234 e. The van der Waals surface area contributed by atoms with Gasteiger partial charge in [0, 0.05) is 20.0 Å². The summed E-state index contributed by atoms with van der Waals surface area (Å²) in [4.78, 5) is 15.1. The highest BCUT2D eigenvalue weighted by Crippen LogP contribution is 1.87. The Kier molecular flexibility index (Phi) is 4.95. The molecule has 0 atom stereocenters. The Bertz CT molecular complexity index is 380. The Morgan fingerprint density at radius 2 is 2.50 bits per heavy atom. The Morgan fingerprint density at radius 1 is 1.69 bits per heavy atom. The summed E-state index contributed by atoms with van der Waals surface area (Å²) in [5, 5.41) is 17.7. The predicted octanol–water partition coefficient (Wildman–Crippen LogP) is -1.41. The van der Waals surface area contributed by atoms with Crippen LogP contribution >= 0.6 is 0 Å². The first-order valence-corrected chi connectivity index (χ1v) is 4.91. The Morgan fingerprint density at radius 3 is 3.12 bits per heavy atom. The molecule has 0 aromatic carbocycles. The standard InChI is InChI=1S/C9H14N6O/c1-15-7-13-8(14-15)2-4-11-6-9(16)12-5-3-10/h7,11H,2,4-6H2,1H3,(H,12,16). The van der Waals surface area contributed by atoms with Crippen molar-refractivity contribution in [3.8, 4) is 6.07 Å². The van der Waals surface area contributed by atoms with Crippen LogP contribution in [0.3, 0.4) is 0 Å². The monoisotopic (exact) mass is 222 g/mol. The van der Waals surface area contributed by atoms with Crippen LogP contribution in [0.15, 0.2) is 6.33 Å². The molecule has 0 fully saturated rings. The van der Waals surface area contributed by atoms with Crippen LogP contribution in [0.5, 0.6) is 0 Å². The van der Waals surface area contributed by atoms with Crippen molar-refractivity contribution in [3.05, 3.63) is 12.2 Å². The van der Waals surface area contributed by atoms with Crippen molar-refractivity contribution in [2.24, 2.45) is 7.05 Å². The van der Waals surface area contributed by atoms with Gasteiger partial charge < -0.3 is 10.6 Å². The predicted molar refractivity (Wildman–Crippen MR) is 56.2 cm³/mol. The summed E-state index contributed by atoms with van der Waals surface area (Å²) in [7, 11) is 1.80. The molecule has 0 aliphatic rings. The van der Waals surface area contributed by atoms with Crippen molar-refractivity contribution < 1.29 is 4.79 Å². The molecule has 1 aromatic heterocycles. The lowest BCUT2D eigenvalue weighted by Crippen LogP contribution is -2.34. The lowest BCUT2D eigenvalue weighted by molar-refractivity contribution is -0.120. The van der Waals surface area contributed by atoms with E-state index in [1.54, 1.807) is 18.1 Å². The molecule has 16 heavy (non-hydrogen) atoms. The zero-order valence-corrected chi connectivity index (χ0v) is 9.10. The molecule has 0 aliphatic carbocycles. The van der Waals surface area contributed by atoms with E-state index in [9.17, 15) is 4.79 Å². The van der Waals surface area contributed by atoms with E-state index in [1.807, 2.05) is 6.07 Å². The van der Waals surface area contributed by atoms with Crippen LogP contribution in [-0.2, 0) is 18.3 Å². The van der Waals surface area contributed by atoms with Crippen LogP contribution in [0.2, 0.25) is 0 Å². The van der Waals surface area contributed by atoms with Gasteiger partial charge in [0.2, 0.25) is 5.91 Å². The van der Waals surface area contributed by atoms with Crippen LogP contribution in [-0.4, -0.2) is 40.3 Å². The highest BCUT2D eigenvalue weighted by Gasteiger charge is 2.01. The second kappa shape index (κ2) is 6.53. The maximum absolute atomic E-state index is 11.1. The molecule has 0 radical (unpaired) electrons. The van der Waals surface area contributed by atoms with E-state index >= 15 is 0 Å². The number of aryl methyl sites for hydroxylation is 1. The second-order valence-corrected chi connectivity index (χ2v) is 3.20. The van der Waals surface area contributed by atoms with Gasteiger partial charge in [0.05, 0.1) is 12.6 Å². The zero-order chi connectivity index (χ0) is 11.8. The molecule has 0 bridgehead atoms. The number of nitrogens with zero attached hydrogens (tertiary/aromatic N) is 4. The SMILES string of the molecule is Cn1cnc(CCNCC(=O)NCC#N)n1. The van der Waals surface area contributed by atoms with E-state index in [2.05, 4.69) is 20.7 Å². The Balaban J connectivity index is 2.08. The molecule has 2 N–H and O–H groups in total. The maximum atomic E-state index is 11.1. The van der Waals surface area contributed by atoms with E-state index in [1.165, 1.54) is 0 Å². The molecule has 86 valence electrons. The third-order valence-corrected chi connectivity index (χ3v) is 1.82. The van der Waals surface area contributed by atoms with Gasteiger partial charge in [-0.1, -0.05) is 0 Å². The summed E-state index contributed by atoms with van der Waals surface area (Å²) < 4.78 is 1.63. The van der Waals surface area contributed by atoms with Crippen LogP contribution < -0.4 is 10.6 Å². The number of rotatable bonds is 6. The zero-order valence-electron chi connectivity index (χ0n) is 9.10. The topological polar surface area (TPSA) is 95.6 Å². The number of carbonyl (C=O) groups excluding carboxylic acids is 1. The molecule has 0 unspecified atom stereocenters. The third-order valence-electron chi connectivity index (χ3n) is 1.82. The normalized spacial score (nSPS) is 9.75. The van der Waals surface area contributed by atoms with Crippen molar-refractivity contribution >= 4 is 5.91 Å². The number of hydrogen-bond donors (Lipinski definition) is 2. The fraction of sp³-hybridized carbons (Fsp3) is 0.556. The van der Waals surface area contributed by atoms with Crippen LogP contribution in [0.1, 0.15) is 5.82 Å². The highest BCUT2D eigenvalue weighted by atomic mass is 16.1. The molecule has 7 nitrogen and oxygen atoms in total. The summed E-state index contributed by atoms with van der Waals surface area (Å²) in [6, 6.07) is 1.84. The molecule has 1 amide bonds. The molecular formula is C9H14N6O. The van der Waals surface area contributed by atoms with Crippen molar-refractivity contribution in [1.29, 1.82) is 5.26 Å². The van der Waals surface area contributed by atoms with E-state index < -0.39 is 0 Å². The summed E-state index contributed by atoms with van der Waals surface area (Å²) in [5.41, 5.74) is 0. The number of amides is 1. The first-order valence-electron chi connectivity index (χ1n) is 4.91. The van der Waals surface area contributed by atoms with Crippen molar-refractivity contribution in [1.82, 2.24) is 25.4 Å².